The van der Waals surface area contributed by atoms with E-state index in [4.69, 9.17) is 9.97 Å². The van der Waals surface area contributed by atoms with Crippen LogP contribution in [0.5, 0.6) is 0 Å². The van der Waals surface area contributed by atoms with E-state index >= 15 is 0 Å². The van der Waals surface area contributed by atoms with Gasteiger partial charge < -0.3 is 0 Å². The lowest BCUT2D eigenvalue weighted by atomic mass is 9.41. The third kappa shape index (κ3) is 5.87. The van der Waals surface area contributed by atoms with Crippen LogP contribution in [0.1, 0.15) is 48.8 Å². The van der Waals surface area contributed by atoms with Gasteiger partial charge in [0.25, 0.3) is 0 Å². The number of nitrogens with zero attached hydrogens (tertiary/aromatic N) is 5. The topological polar surface area (TPSA) is 57.7 Å². The van der Waals surface area contributed by atoms with E-state index < -0.39 is 8.07 Å². The van der Waals surface area contributed by atoms with E-state index in [9.17, 15) is 5.26 Å². The SMILES string of the molecule is N#Cc1ccc2c(c1)c1ccccc1n2-c1cc(-c2cccc([Si](c3ccccc3)(c3ccccc3)c3ccccc3)c2)nc(N2c3ccccc3C3(c4ccccc42)C2CC4CC(C2)CC3C4)n1. The highest BCUT2D eigenvalue weighted by molar-refractivity contribution is 7.19. The van der Waals surface area contributed by atoms with Crippen molar-refractivity contribution in [2.75, 3.05) is 4.90 Å². The van der Waals surface area contributed by atoms with Crippen molar-refractivity contribution in [1.82, 2.24) is 14.5 Å². The maximum atomic E-state index is 10.1. The van der Waals surface area contributed by atoms with Crippen LogP contribution in [-0.4, -0.2) is 22.6 Å². The van der Waals surface area contributed by atoms with Crippen LogP contribution in [-0.2, 0) is 5.41 Å². The van der Waals surface area contributed by atoms with E-state index in [1.54, 1.807) is 0 Å². The molecule has 0 saturated heterocycles. The summed E-state index contributed by atoms with van der Waals surface area (Å²) in [4.78, 5) is 13.9. The summed E-state index contributed by atoms with van der Waals surface area (Å²) in [6.45, 7) is 0. The van der Waals surface area contributed by atoms with Gasteiger partial charge in [-0.3, -0.25) is 9.47 Å². The van der Waals surface area contributed by atoms with Gasteiger partial charge in [0.2, 0.25) is 5.95 Å². The standard InChI is InChI=1S/C63H49N5Si/c64-41-42-31-32-58-53(38-42)52-25-10-13-28-57(52)67(58)61-40-56(45-17-16-24-51(39-45)69(48-18-4-1-5-19-48,49-20-6-2-7-21-49)50-22-8-3-9-23-50)65-62(66-61)68-59-29-14-11-26-54(59)63(55-27-12-15-30-60(55)68)46-34-43-33-44(36-46)37-47(63)35-43/h1-32,38-40,43-44,46-47H,33-37H2. The molecular formula is C63H49N5Si. The van der Waals surface area contributed by atoms with Gasteiger partial charge in [0, 0.05) is 27.8 Å². The Bertz CT molecular complexity index is 3490. The fourth-order valence-corrected chi connectivity index (χ4v) is 19.2. The van der Waals surface area contributed by atoms with Crippen molar-refractivity contribution in [2.45, 2.75) is 37.5 Å². The van der Waals surface area contributed by atoms with E-state index in [1.807, 2.05) is 12.1 Å². The Kier molecular flexibility index (Phi) is 9.10. The molecule has 5 nitrogen and oxygen atoms in total. The van der Waals surface area contributed by atoms with Gasteiger partial charge in [0.1, 0.15) is 5.82 Å². The van der Waals surface area contributed by atoms with Crippen molar-refractivity contribution in [2.24, 2.45) is 23.7 Å². The smallest absolute Gasteiger partial charge is 0.237 e. The van der Waals surface area contributed by atoms with Gasteiger partial charge >= 0.3 is 0 Å². The van der Waals surface area contributed by atoms with Gasteiger partial charge in [-0.1, -0.05) is 170 Å². The molecule has 3 heterocycles. The molecule has 10 aromatic rings. The summed E-state index contributed by atoms with van der Waals surface area (Å²) >= 11 is 0. The molecule has 1 spiro atoms. The summed E-state index contributed by atoms with van der Waals surface area (Å²) in [6.07, 6.45) is 6.65. The van der Waals surface area contributed by atoms with Gasteiger partial charge in [-0.25, -0.2) is 4.98 Å². The Labute approximate surface area is 404 Å². The molecule has 69 heavy (non-hydrogen) atoms. The van der Waals surface area contributed by atoms with Crippen molar-refractivity contribution < 1.29 is 0 Å². The summed E-state index contributed by atoms with van der Waals surface area (Å²) in [5, 5.41) is 17.4. The molecule has 1 aliphatic heterocycles. The average molecular weight is 904 g/mol. The van der Waals surface area contributed by atoms with Crippen LogP contribution < -0.4 is 25.6 Å². The number of benzene rings is 8. The van der Waals surface area contributed by atoms with Crippen LogP contribution >= 0.6 is 0 Å². The molecule has 0 amide bonds. The van der Waals surface area contributed by atoms with Crippen molar-refractivity contribution in [3.63, 3.8) is 0 Å². The van der Waals surface area contributed by atoms with Gasteiger partial charge in [-0.05, 0) is 124 Å². The second kappa shape index (κ2) is 15.6. The third-order valence-corrected chi connectivity index (χ3v) is 21.5. The largest absolute Gasteiger partial charge is 0.294 e. The van der Waals surface area contributed by atoms with Crippen molar-refractivity contribution in [3.8, 4) is 23.1 Å². The molecule has 0 unspecified atom stereocenters. The Morgan fingerprint density at radius 1 is 0.478 bits per heavy atom. The lowest BCUT2D eigenvalue weighted by molar-refractivity contribution is -0.0419. The molecule has 4 bridgehead atoms. The fourth-order valence-electron chi connectivity index (χ4n) is 14.4. The number of nitriles is 1. The van der Waals surface area contributed by atoms with Gasteiger partial charge in [0.05, 0.1) is 39.7 Å². The van der Waals surface area contributed by atoms with Crippen LogP contribution in [0.15, 0.2) is 212 Å². The second-order valence-corrected chi connectivity index (χ2v) is 23.9. The van der Waals surface area contributed by atoms with E-state index in [1.165, 1.54) is 75.4 Å². The Morgan fingerprint density at radius 2 is 1.01 bits per heavy atom. The molecule has 6 heteroatoms. The highest BCUT2D eigenvalue weighted by Gasteiger charge is 2.61. The Balaban J connectivity index is 1.04. The molecule has 0 N–H and O–H groups in total. The monoisotopic (exact) mass is 903 g/mol. The lowest BCUT2D eigenvalue weighted by Crippen LogP contribution is -2.74. The Hall–Kier alpha value is -7.85. The summed E-state index contributed by atoms with van der Waals surface area (Å²) in [5.74, 6) is 4.34. The number of hydrogen-bond acceptors (Lipinski definition) is 4. The van der Waals surface area contributed by atoms with Gasteiger partial charge in [-0.2, -0.15) is 10.2 Å². The molecule has 4 aliphatic carbocycles. The van der Waals surface area contributed by atoms with Crippen molar-refractivity contribution >= 4 is 67.9 Å². The lowest BCUT2D eigenvalue weighted by Gasteiger charge is -2.64. The van der Waals surface area contributed by atoms with Crippen LogP contribution in [0, 0.1) is 35.0 Å². The minimum absolute atomic E-state index is 0.0442. The number of hydrogen-bond donors (Lipinski definition) is 0. The number of rotatable bonds is 7. The first-order chi connectivity index (χ1) is 34.1. The van der Waals surface area contributed by atoms with Gasteiger partial charge in [-0.15, -0.1) is 0 Å². The number of fused-ring (bicyclic) bond motifs is 5. The summed E-state index contributed by atoms with van der Waals surface area (Å²) in [6, 6.07) is 80.2. The maximum Gasteiger partial charge on any atom is 0.237 e. The highest BCUT2D eigenvalue weighted by Crippen LogP contribution is 2.69. The number of aromatic nitrogens is 3. The van der Waals surface area contributed by atoms with Crippen LogP contribution in [0.4, 0.5) is 17.3 Å². The zero-order valence-corrected chi connectivity index (χ0v) is 39.3. The summed E-state index contributed by atoms with van der Waals surface area (Å²) in [7, 11) is -2.87. The minimum Gasteiger partial charge on any atom is -0.294 e. The molecule has 0 atom stereocenters. The molecule has 4 saturated carbocycles. The van der Waals surface area contributed by atoms with Crippen LogP contribution in [0.25, 0.3) is 38.9 Å². The number of anilines is 3. The molecule has 15 rings (SSSR count). The van der Waals surface area contributed by atoms with Crippen LogP contribution in [0.3, 0.4) is 0 Å². The predicted octanol–water partition coefficient (Wildman–Crippen LogP) is 12.0. The molecule has 0 radical (unpaired) electrons. The zero-order chi connectivity index (χ0) is 45.7. The van der Waals surface area contributed by atoms with Crippen LogP contribution in [0.2, 0.25) is 0 Å². The fraction of sp³-hybridized carbons (Fsp3) is 0.159. The third-order valence-electron chi connectivity index (χ3n) is 16.8. The maximum absolute atomic E-state index is 10.1. The Morgan fingerprint density at radius 3 is 1.62 bits per heavy atom. The molecule has 330 valence electrons. The van der Waals surface area contributed by atoms with Gasteiger partial charge in [0.15, 0.2) is 8.07 Å². The zero-order valence-electron chi connectivity index (χ0n) is 38.3. The average Bonchev–Trinajstić information content (AvgIpc) is 3.74. The molecule has 8 aromatic carbocycles. The molecular weight excluding hydrogens is 855 g/mol. The first kappa shape index (κ1) is 40.2. The second-order valence-electron chi connectivity index (χ2n) is 20.1. The van der Waals surface area contributed by atoms with E-state index in [-0.39, 0.29) is 5.41 Å². The number of para-hydroxylation sites is 3. The van der Waals surface area contributed by atoms with E-state index in [2.05, 4.69) is 216 Å². The summed E-state index contributed by atoms with van der Waals surface area (Å²) in [5.41, 5.74) is 9.72. The first-order valence-corrected chi connectivity index (χ1v) is 26.7. The quantitative estimate of drug-likeness (QED) is 0.118. The van der Waals surface area contributed by atoms with E-state index in [0.717, 1.165) is 50.7 Å². The molecule has 2 aromatic heterocycles. The minimum atomic E-state index is -2.87. The predicted molar refractivity (Wildman–Crippen MR) is 283 cm³/mol. The highest BCUT2D eigenvalue weighted by atomic mass is 28.3. The normalized spacial score (nSPS) is 19.7. The molecule has 5 aliphatic rings. The summed E-state index contributed by atoms with van der Waals surface area (Å²) < 4.78 is 2.28. The first-order valence-electron chi connectivity index (χ1n) is 24.7. The van der Waals surface area contributed by atoms with Crippen molar-refractivity contribution in [1.29, 1.82) is 5.26 Å². The van der Waals surface area contributed by atoms with E-state index in [0.29, 0.717) is 23.3 Å². The molecule has 4 fully saturated rings. The van der Waals surface area contributed by atoms with Crippen molar-refractivity contribution in [3.05, 3.63) is 229 Å².